The van der Waals surface area contributed by atoms with E-state index in [4.69, 9.17) is 10.5 Å². The molecule has 5 heteroatoms. The summed E-state index contributed by atoms with van der Waals surface area (Å²) in [4.78, 5) is 13.3. The molecule has 1 fully saturated rings. The minimum Gasteiger partial charge on any atom is -0.444 e. The molecule has 0 aromatic rings. The number of hydrogen-bond acceptors (Lipinski definition) is 3. The molecule has 0 aliphatic carbocycles. The van der Waals surface area contributed by atoms with E-state index < -0.39 is 5.60 Å². The third kappa shape index (κ3) is 4.18. The normalized spacial score (nSPS) is 17.5. The number of hydrogen-bond donors (Lipinski definition) is 1. The largest absolute Gasteiger partial charge is 0.444 e. The fraction of sp³-hybridized carbons (Fsp3) is 0.909. The third-order valence-electron chi connectivity index (χ3n) is 2.59. The standard InChI is InChI=1S/C11H22N2O2.ClH/c1-10(2,3)15-9(14)13-6-8(7-13)11(4,5)12;/h8H,6-7,12H2,1-5H3;1H. The topological polar surface area (TPSA) is 55.6 Å². The van der Waals surface area contributed by atoms with Gasteiger partial charge in [0.2, 0.25) is 0 Å². The van der Waals surface area contributed by atoms with Crippen LogP contribution >= 0.6 is 12.4 Å². The van der Waals surface area contributed by atoms with E-state index in [2.05, 4.69) is 0 Å². The molecule has 0 spiro atoms. The van der Waals surface area contributed by atoms with E-state index in [-0.39, 0.29) is 24.0 Å². The van der Waals surface area contributed by atoms with Gasteiger partial charge in [0.1, 0.15) is 5.60 Å². The zero-order valence-corrected chi connectivity index (χ0v) is 11.6. The molecule has 1 saturated heterocycles. The number of likely N-dealkylation sites (tertiary alicyclic amines) is 1. The zero-order valence-electron chi connectivity index (χ0n) is 10.7. The van der Waals surface area contributed by atoms with Crippen LogP contribution in [0.25, 0.3) is 0 Å². The minimum atomic E-state index is -0.416. The molecular weight excluding hydrogens is 228 g/mol. The van der Waals surface area contributed by atoms with Crippen LogP contribution in [0, 0.1) is 5.92 Å². The lowest BCUT2D eigenvalue weighted by atomic mass is 9.83. The van der Waals surface area contributed by atoms with Crippen molar-refractivity contribution in [2.24, 2.45) is 11.7 Å². The monoisotopic (exact) mass is 250 g/mol. The van der Waals surface area contributed by atoms with Crippen LogP contribution in [0.4, 0.5) is 4.79 Å². The first-order valence-electron chi connectivity index (χ1n) is 5.36. The van der Waals surface area contributed by atoms with Crippen molar-refractivity contribution >= 4 is 18.5 Å². The number of nitrogens with zero attached hydrogens (tertiary/aromatic N) is 1. The Bertz CT molecular complexity index is 250. The van der Waals surface area contributed by atoms with Crippen LogP contribution in [0.1, 0.15) is 34.6 Å². The summed E-state index contributed by atoms with van der Waals surface area (Å²) in [5.41, 5.74) is 5.33. The van der Waals surface area contributed by atoms with Crippen LogP contribution in [-0.2, 0) is 4.74 Å². The number of nitrogens with two attached hydrogens (primary N) is 1. The Morgan fingerprint density at radius 2 is 1.69 bits per heavy atom. The summed E-state index contributed by atoms with van der Waals surface area (Å²) in [5, 5.41) is 0. The van der Waals surface area contributed by atoms with E-state index in [0.29, 0.717) is 19.0 Å². The van der Waals surface area contributed by atoms with Crippen molar-refractivity contribution in [3.63, 3.8) is 0 Å². The maximum atomic E-state index is 11.6. The SMILES string of the molecule is CC(C)(C)OC(=O)N1CC(C(C)(C)N)C1.Cl. The summed E-state index contributed by atoms with van der Waals surface area (Å²) in [6, 6.07) is 0. The van der Waals surface area contributed by atoms with E-state index in [1.807, 2.05) is 34.6 Å². The first-order chi connectivity index (χ1) is 6.59. The van der Waals surface area contributed by atoms with Gasteiger partial charge in [-0.25, -0.2) is 4.79 Å². The molecule has 16 heavy (non-hydrogen) atoms. The van der Waals surface area contributed by atoms with Gasteiger partial charge in [-0.2, -0.15) is 0 Å². The van der Waals surface area contributed by atoms with Crippen molar-refractivity contribution in [1.82, 2.24) is 4.90 Å². The molecule has 1 aliphatic heterocycles. The van der Waals surface area contributed by atoms with Crippen LogP contribution < -0.4 is 5.73 Å². The van der Waals surface area contributed by atoms with Gasteiger partial charge in [0.25, 0.3) is 0 Å². The summed E-state index contributed by atoms with van der Waals surface area (Å²) in [7, 11) is 0. The Labute approximate surface area is 104 Å². The number of halogens is 1. The summed E-state index contributed by atoms with van der Waals surface area (Å²) >= 11 is 0. The van der Waals surface area contributed by atoms with E-state index in [9.17, 15) is 4.79 Å². The second-order valence-electron chi connectivity index (χ2n) is 5.90. The lowest BCUT2D eigenvalue weighted by Crippen LogP contribution is -2.61. The zero-order chi connectivity index (χ0) is 11.9. The van der Waals surface area contributed by atoms with Crippen molar-refractivity contribution in [2.45, 2.75) is 45.8 Å². The first-order valence-corrected chi connectivity index (χ1v) is 5.36. The van der Waals surface area contributed by atoms with E-state index in [0.717, 1.165) is 0 Å². The van der Waals surface area contributed by atoms with Gasteiger partial charge in [0.05, 0.1) is 0 Å². The summed E-state index contributed by atoms with van der Waals surface area (Å²) < 4.78 is 5.25. The van der Waals surface area contributed by atoms with Crippen LogP contribution in [0.15, 0.2) is 0 Å². The number of amides is 1. The van der Waals surface area contributed by atoms with Gasteiger partial charge < -0.3 is 15.4 Å². The Kier molecular flexibility index (Phi) is 4.65. The van der Waals surface area contributed by atoms with Crippen molar-refractivity contribution < 1.29 is 9.53 Å². The molecular formula is C11H23ClN2O2. The molecule has 0 aromatic carbocycles. The highest BCUT2D eigenvalue weighted by atomic mass is 35.5. The van der Waals surface area contributed by atoms with Crippen molar-refractivity contribution in [3.05, 3.63) is 0 Å². The average Bonchev–Trinajstić information content (AvgIpc) is 1.72. The lowest BCUT2D eigenvalue weighted by Gasteiger charge is -2.45. The highest BCUT2D eigenvalue weighted by molar-refractivity contribution is 5.85. The Morgan fingerprint density at radius 3 is 2.00 bits per heavy atom. The Hall–Kier alpha value is -0.480. The maximum absolute atomic E-state index is 11.6. The molecule has 1 rings (SSSR count). The fourth-order valence-electron chi connectivity index (χ4n) is 1.42. The Balaban J connectivity index is 0.00000225. The molecule has 0 aromatic heterocycles. The molecule has 96 valence electrons. The van der Waals surface area contributed by atoms with Crippen LogP contribution in [0.2, 0.25) is 0 Å². The van der Waals surface area contributed by atoms with E-state index >= 15 is 0 Å². The maximum Gasteiger partial charge on any atom is 0.410 e. The third-order valence-corrected chi connectivity index (χ3v) is 2.59. The van der Waals surface area contributed by atoms with Gasteiger partial charge >= 0.3 is 6.09 Å². The van der Waals surface area contributed by atoms with Gasteiger partial charge in [0.15, 0.2) is 0 Å². The van der Waals surface area contributed by atoms with E-state index in [1.54, 1.807) is 4.90 Å². The molecule has 1 amide bonds. The summed E-state index contributed by atoms with van der Waals surface area (Å²) in [6.07, 6.45) is -0.233. The molecule has 0 atom stereocenters. The van der Waals surface area contributed by atoms with Crippen LogP contribution in [0.5, 0.6) is 0 Å². The van der Waals surface area contributed by atoms with Gasteiger partial charge in [-0.3, -0.25) is 0 Å². The number of carbonyl (C=O) groups excluding carboxylic acids is 1. The molecule has 1 aliphatic rings. The predicted octanol–water partition coefficient (Wildman–Crippen LogP) is 2.01. The van der Waals surface area contributed by atoms with Crippen LogP contribution in [-0.4, -0.2) is 35.2 Å². The summed E-state index contributed by atoms with van der Waals surface area (Å²) in [5.74, 6) is 0.380. The molecule has 2 N–H and O–H groups in total. The molecule has 0 saturated carbocycles. The fourth-order valence-corrected chi connectivity index (χ4v) is 1.42. The van der Waals surface area contributed by atoms with Crippen molar-refractivity contribution in [3.8, 4) is 0 Å². The van der Waals surface area contributed by atoms with Gasteiger partial charge in [-0.15, -0.1) is 12.4 Å². The molecule has 4 nitrogen and oxygen atoms in total. The number of ether oxygens (including phenoxy) is 1. The van der Waals surface area contributed by atoms with Crippen LogP contribution in [0.3, 0.4) is 0 Å². The van der Waals surface area contributed by atoms with Crippen molar-refractivity contribution in [1.29, 1.82) is 0 Å². The lowest BCUT2D eigenvalue weighted by molar-refractivity contribution is -0.0112. The number of rotatable bonds is 1. The Morgan fingerprint density at radius 1 is 1.25 bits per heavy atom. The molecule has 1 heterocycles. The van der Waals surface area contributed by atoms with Gasteiger partial charge in [-0.05, 0) is 34.6 Å². The second kappa shape index (κ2) is 4.80. The predicted molar refractivity (Wildman–Crippen MR) is 66.8 cm³/mol. The molecule has 0 bridgehead atoms. The highest BCUT2D eigenvalue weighted by Crippen LogP contribution is 2.26. The van der Waals surface area contributed by atoms with Crippen molar-refractivity contribution in [2.75, 3.05) is 13.1 Å². The van der Waals surface area contributed by atoms with Gasteiger partial charge in [0, 0.05) is 24.5 Å². The quantitative estimate of drug-likeness (QED) is 0.775. The highest BCUT2D eigenvalue weighted by Gasteiger charge is 2.40. The first kappa shape index (κ1) is 15.5. The minimum absolute atomic E-state index is 0. The summed E-state index contributed by atoms with van der Waals surface area (Å²) in [6.45, 7) is 11.0. The smallest absolute Gasteiger partial charge is 0.410 e. The molecule has 0 unspecified atom stereocenters. The average molecular weight is 251 g/mol. The van der Waals surface area contributed by atoms with Gasteiger partial charge in [-0.1, -0.05) is 0 Å². The van der Waals surface area contributed by atoms with E-state index in [1.165, 1.54) is 0 Å². The number of carbonyl (C=O) groups is 1. The second-order valence-corrected chi connectivity index (χ2v) is 5.90. The molecule has 0 radical (unpaired) electrons.